The second kappa shape index (κ2) is 7.53. The minimum Gasteiger partial charge on any atom is -0.376 e. The van der Waals surface area contributed by atoms with E-state index < -0.39 is 0 Å². The lowest BCUT2D eigenvalue weighted by Crippen LogP contribution is -2.37. The molecule has 0 aliphatic carbocycles. The number of likely N-dealkylation sites (N-methyl/N-ethyl adjacent to an activating group) is 1. The number of rotatable bonds is 7. The van der Waals surface area contributed by atoms with E-state index in [4.69, 9.17) is 4.74 Å². The van der Waals surface area contributed by atoms with E-state index in [1.807, 2.05) is 12.4 Å². The minimum atomic E-state index is 0.153. The SMILES string of the molecule is CCNC(c1cccc2ccncc12)C(OCC)C(C)C. The van der Waals surface area contributed by atoms with Crippen LogP contribution in [0.1, 0.15) is 39.3 Å². The van der Waals surface area contributed by atoms with Gasteiger partial charge in [0.25, 0.3) is 0 Å². The number of fused-ring (bicyclic) bond motifs is 1. The maximum atomic E-state index is 6.04. The lowest BCUT2D eigenvalue weighted by atomic mass is 9.90. The molecule has 0 amide bonds. The summed E-state index contributed by atoms with van der Waals surface area (Å²) in [5.74, 6) is 0.445. The second-order valence-corrected chi connectivity index (χ2v) is 5.64. The molecule has 2 rings (SSSR count). The maximum Gasteiger partial charge on any atom is 0.0792 e. The van der Waals surface area contributed by atoms with Gasteiger partial charge in [-0.25, -0.2) is 0 Å². The van der Waals surface area contributed by atoms with Crippen LogP contribution in [0.25, 0.3) is 10.8 Å². The Balaban J connectivity index is 2.48. The molecule has 0 bridgehead atoms. The maximum absolute atomic E-state index is 6.04. The van der Waals surface area contributed by atoms with Crippen LogP contribution >= 0.6 is 0 Å². The Kier molecular flexibility index (Phi) is 5.71. The van der Waals surface area contributed by atoms with E-state index >= 15 is 0 Å². The van der Waals surface area contributed by atoms with Gasteiger partial charge in [0.2, 0.25) is 0 Å². The summed E-state index contributed by atoms with van der Waals surface area (Å²) >= 11 is 0. The number of nitrogens with zero attached hydrogens (tertiary/aromatic N) is 1. The lowest BCUT2D eigenvalue weighted by molar-refractivity contribution is 0.00351. The first-order chi connectivity index (χ1) is 10.2. The Morgan fingerprint density at radius 3 is 2.67 bits per heavy atom. The topological polar surface area (TPSA) is 34.2 Å². The van der Waals surface area contributed by atoms with E-state index in [0.29, 0.717) is 5.92 Å². The Morgan fingerprint density at radius 2 is 2.00 bits per heavy atom. The number of hydrogen-bond acceptors (Lipinski definition) is 3. The average Bonchev–Trinajstić information content (AvgIpc) is 2.50. The van der Waals surface area contributed by atoms with Crippen LogP contribution in [0.4, 0.5) is 0 Å². The van der Waals surface area contributed by atoms with Crippen molar-refractivity contribution >= 4 is 10.8 Å². The normalized spacial score (nSPS) is 14.5. The van der Waals surface area contributed by atoms with Gasteiger partial charge in [0, 0.05) is 24.4 Å². The Hall–Kier alpha value is -1.45. The lowest BCUT2D eigenvalue weighted by Gasteiger charge is -2.31. The van der Waals surface area contributed by atoms with Crippen LogP contribution in [0.2, 0.25) is 0 Å². The molecule has 0 radical (unpaired) electrons. The molecule has 1 aromatic heterocycles. The van der Waals surface area contributed by atoms with Gasteiger partial charge in [-0.15, -0.1) is 0 Å². The van der Waals surface area contributed by atoms with Crippen molar-refractivity contribution in [3.05, 3.63) is 42.2 Å². The quantitative estimate of drug-likeness (QED) is 0.837. The van der Waals surface area contributed by atoms with Gasteiger partial charge in [0.15, 0.2) is 0 Å². The van der Waals surface area contributed by atoms with Gasteiger partial charge in [-0.2, -0.15) is 0 Å². The first-order valence-electron chi connectivity index (χ1n) is 7.86. The monoisotopic (exact) mass is 286 g/mol. The average molecular weight is 286 g/mol. The smallest absolute Gasteiger partial charge is 0.0792 e. The molecule has 2 atom stereocenters. The standard InChI is InChI=1S/C18H26N2O/c1-5-20-17(18(13(3)4)21-6-2)15-9-7-8-14-10-11-19-12-16(14)15/h7-13,17-18,20H,5-6H2,1-4H3. The van der Waals surface area contributed by atoms with Crippen LogP contribution < -0.4 is 5.32 Å². The van der Waals surface area contributed by atoms with E-state index in [2.05, 4.69) is 62.3 Å². The zero-order valence-corrected chi connectivity index (χ0v) is 13.5. The van der Waals surface area contributed by atoms with E-state index in [0.717, 1.165) is 13.2 Å². The van der Waals surface area contributed by atoms with Crippen molar-refractivity contribution < 1.29 is 4.74 Å². The second-order valence-electron chi connectivity index (χ2n) is 5.64. The zero-order chi connectivity index (χ0) is 15.2. The predicted molar refractivity (Wildman–Crippen MR) is 88.4 cm³/mol. The summed E-state index contributed by atoms with van der Waals surface area (Å²) in [5, 5.41) is 6.04. The van der Waals surface area contributed by atoms with Gasteiger partial charge in [0.1, 0.15) is 0 Å². The number of pyridine rings is 1. The summed E-state index contributed by atoms with van der Waals surface area (Å²) in [6.07, 6.45) is 3.95. The van der Waals surface area contributed by atoms with Crippen molar-refractivity contribution in [1.82, 2.24) is 10.3 Å². The highest BCUT2D eigenvalue weighted by Crippen LogP contribution is 2.30. The molecule has 1 N–H and O–H groups in total. The minimum absolute atomic E-state index is 0.153. The molecule has 1 heterocycles. The zero-order valence-electron chi connectivity index (χ0n) is 13.5. The first kappa shape index (κ1) is 15.9. The van der Waals surface area contributed by atoms with Crippen LogP contribution in [-0.4, -0.2) is 24.2 Å². The Labute approximate surface area is 127 Å². The van der Waals surface area contributed by atoms with Crippen LogP contribution in [0.3, 0.4) is 0 Å². The fraction of sp³-hybridized carbons (Fsp3) is 0.500. The molecule has 3 heteroatoms. The van der Waals surface area contributed by atoms with Crippen molar-refractivity contribution in [2.75, 3.05) is 13.2 Å². The molecule has 0 saturated heterocycles. The van der Waals surface area contributed by atoms with Crippen LogP contribution in [0, 0.1) is 5.92 Å². The van der Waals surface area contributed by atoms with Crippen molar-refractivity contribution in [2.24, 2.45) is 5.92 Å². The highest BCUT2D eigenvalue weighted by molar-refractivity contribution is 5.85. The molecular weight excluding hydrogens is 260 g/mol. The number of nitrogens with one attached hydrogen (secondary N) is 1. The highest BCUT2D eigenvalue weighted by atomic mass is 16.5. The van der Waals surface area contributed by atoms with E-state index in [1.54, 1.807) is 0 Å². The molecule has 0 spiro atoms. The molecule has 114 valence electrons. The molecule has 0 aliphatic rings. The largest absolute Gasteiger partial charge is 0.376 e. The van der Waals surface area contributed by atoms with Gasteiger partial charge in [-0.1, -0.05) is 39.0 Å². The summed E-state index contributed by atoms with van der Waals surface area (Å²) in [6.45, 7) is 10.3. The third-order valence-corrected chi connectivity index (χ3v) is 3.82. The summed E-state index contributed by atoms with van der Waals surface area (Å²) < 4.78 is 6.04. The third-order valence-electron chi connectivity index (χ3n) is 3.82. The van der Waals surface area contributed by atoms with Crippen LogP contribution in [-0.2, 0) is 4.74 Å². The molecule has 2 aromatic rings. The molecule has 21 heavy (non-hydrogen) atoms. The molecule has 2 unspecified atom stereocenters. The van der Waals surface area contributed by atoms with Gasteiger partial charge in [-0.05, 0) is 36.4 Å². The Bertz CT molecular complexity index is 563. The Morgan fingerprint density at radius 1 is 1.19 bits per heavy atom. The molecule has 0 aliphatic heterocycles. The predicted octanol–water partition coefficient (Wildman–Crippen LogP) is 3.95. The molecule has 0 saturated carbocycles. The first-order valence-corrected chi connectivity index (χ1v) is 7.86. The fourth-order valence-electron chi connectivity index (χ4n) is 2.90. The fourth-order valence-corrected chi connectivity index (χ4v) is 2.90. The summed E-state index contributed by atoms with van der Waals surface area (Å²) in [4.78, 5) is 4.30. The van der Waals surface area contributed by atoms with E-state index in [1.165, 1.54) is 16.3 Å². The van der Waals surface area contributed by atoms with Gasteiger partial charge in [-0.3, -0.25) is 4.98 Å². The number of hydrogen-bond donors (Lipinski definition) is 1. The highest BCUT2D eigenvalue weighted by Gasteiger charge is 2.27. The molecule has 0 fully saturated rings. The molecular formula is C18H26N2O. The summed E-state index contributed by atoms with van der Waals surface area (Å²) in [7, 11) is 0. The van der Waals surface area contributed by atoms with Crippen molar-refractivity contribution in [3.8, 4) is 0 Å². The van der Waals surface area contributed by atoms with E-state index in [9.17, 15) is 0 Å². The third kappa shape index (κ3) is 3.60. The number of ether oxygens (including phenoxy) is 1. The van der Waals surface area contributed by atoms with E-state index in [-0.39, 0.29) is 12.1 Å². The van der Waals surface area contributed by atoms with Crippen LogP contribution in [0.15, 0.2) is 36.7 Å². The number of aromatic nitrogens is 1. The van der Waals surface area contributed by atoms with Gasteiger partial charge >= 0.3 is 0 Å². The van der Waals surface area contributed by atoms with Crippen molar-refractivity contribution in [2.45, 2.75) is 39.8 Å². The molecule has 3 nitrogen and oxygen atoms in total. The summed E-state index contributed by atoms with van der Waals surface area (Å²) in [5.41, 5.74) is 1.27. The number of benzene rings is 1. The summed E-state index contributed by atoms with van der Waals surface area (Å²) in [6, 6.07) is 8.68. The molecule has 1 aromatic carbocycles. The van der Waals surface area contributed by atoms with Crippen LogP contribution in [0.5, 0.6) is 0 Å². The van der Waals surface area contributed by atoms with Gasteiger partial charge in [0.05, 0.1) is 12.1 Å². The van der Waals surface area contributed by atoms with Crippen molar-refractivity contribution in [1.29, 1.82) is 0 Å². The van der Waals surface area contributed by atoms with Gasteiger partial charge < -0.3 is 10.1 Å². The van der Waals surface area contributed by atoms with Crippen molar-refractivity contribution in [3.63, 3.8) is 0 Å².